The summed E-state index contributed by atoms with van der Waals surface area (Å²) in [4.78, 5) is 17.9. The molecule has 1 aromatic heterocycles. The molecule has 128 valence electrons. The van der Waals surface area contributed by atoms with Crippen LogP contribution in [-0.4, -0.2) is 24.0 Å². The second-order valence-electron chi connectivity index (χ2n) is 6.72. The fourth-order valence-electron chi connectivity index (χ4n) is 3.51. The molecule has 1 aliphatic rings. The van der Waals surface area contributed by atoms with Gasteiger partial charge in [-0.05, 0) is 72.7 Å². The molecule has 2 heterocycles. The fourth-order valence-corrected chi connectivity index (χ4v) is 3.51. The summed E-state index contributed by atoms with van der Waals surface area (Å²) >= 11 is 0. The smallest absolute Gasteiger partial charge is 0.228 e. The standard InChI is InChI=1S/C21H23N3O/c25-21(15-16-4-9-20-17(14-16)10-11-22-20)23-18-5-7-19(8-6-18)24-12-2-1-3-13-24/h4-11,14,22H,1-3,12-13,15H2,(H,23,25). The highest BCUT2D eigenvalue weighted by Crippen LogP contribution is 2.22. The summed E-state index contributed by atoms with van der Waals surface area (Å²) in [6.07, 6.45) is 6.17. The van der Waals surface area contributed by atoms with Crippen molar-refractivity contribution in [2.24, 2.45) is 0 Å². The number of H-pyrrole nitrogens is 1. The molecule has 0 saturated carbocycles. The van der Waals surface area contributed by atoms with Crippen LogP contribution in [0.15, 0.2) is 54.7 Å². The number of nitrogens with one attached hydrogen (secondary N) is 2. The Morgan fingerprint density at radius 2 is 1.80 bits per heavy atom. The summed E-state index contributed by atoms with van der Waals surface area (Å²) in [7, 11) is 0. The topological polar surface area (TPSA) is 48.1 Å². The minimum absolute atomic E-state index is 0.0145. The van der Waals surface area contributed by atoms with Crippen LogP contribution in [0, 0.1) is 0 Å². The Hall–Kier alpha value is -2.75. The lowest BCUT2D eigenvalue weighted by Crippen LogP contribution is -2.29. The molecule has 1 aliphatic heterocycles. The van der Waals surface area contributed by atoms with Crippen molar-refractivity contribution in [3.05, 3.63) is 60.3 Å². The summed E-state index contributed by atoms with van der Waals surface area (Å²) < 4.78 is 0. The van der Waals surface area contributed by atoms with E-state index in [2.05, 4.69) is 33.4 Å². The van der Waals surface area contributed by atoms with Gasteiger partial charge in [0, 0.05) is 36.2 Å². The van der Waals surface area contributed by atoms with Crippen LogP contribution in [0.1, 0.15) is 24.8 Å². The number of aromatic amines is 1. The predicted octanol–water partition coefficient (Wildman–Crippen LogP) is 4.34. The molecule has 2 aromatic carbocycles. The maximum absolute atomic E-state index is 12.3. The van der Waals surface area contributed by atoms with Crippen molar-refractivity contribution in [3.8, 4) is 0 Å². The maximum atomic E-state index is 12.3. The van der Waals surface area contributed by atoms with Crippen LogP contribution in [0.4, 0.5) is 11.4 Å². The summed E-state index contributed by atoms with van der Waals surface area (Å²) in [5, 5.41) is 4.13. The first-order valence-electron chi connectivity index (χ1n) is 8.99. The van der Waals surface area contributed by atoms with E-state index in [0.29, 0.717) is 6.42 Å². The van der Waals surface area contributed by atoms with Gasteiger partial charge < -0.3 is 15.2 Å². The second kappa shape index (κ2) is 7.01. The average molecular weight is 333 g/mol. The van der Waals surface area contributed by atoms with Gasteiger partial charge in [0.2, 0.25) is 5.91 Å². The molecule has 1 amide bonds. The molecule has 4 nitrogen and oxygen atoms in total. The van der Waals surface area contributed by atoms with Gasteiger partial charge in [-0.1, -0.05) is 6.07 Å². The minimum Gasteiger partial charge on any atom is -0.372 e. The normalized spacial score (nSPS) is 14.6. The fraction of sp³-hybridized carbons (Fsp3) is 0.286. The van der Waals surface area contributed by atoms with Crippen molar-refractivity contribution in [1.29, 1.82) is 0 Å². The molecule has 0 radical (unpaired) electrons. The number of amides is 1. The quantitative estimate of drug-likeness (QED) is 0.746. The molecule has 0 aliphatic carbocycles. The second-order valence-corrected chi connectivity index (χ2v) is 6.72. The van der Waals surface area contributed by atoms with Gasteiger partial charge in [-0.2, -0.15) is 0 Å². The molecule has 0 bridgehead atoms. The molecule has 25 heavy (non-hydrogen) atoms. The van der Waals surface area contributed by atoms with E-state index < -0.39 is 0 Å². The van der Waals surface area contributed by atoms with Crippen LogP contribution in [0.2, 0.25) is 0 Å². The molecule has 3 aromatic rings. The number of hydrogen-bond acceptors (Lipinski definition) is 2. The highest BCUT2D eigenvalue weighted by atomic mass is 16.1. The van der Waals surface area contributed by atoms with Gasteiger partial charge >= 0.3 is 0 Å². The summed E-state index contributed by atoms with van der Waals surface area (Å²) in [5.74, 6) is 0.0145. The number of nitrogens with zero attached hydrogens (tertiary/aromatic N) is 1. The zero-order valence-electron chi connectivity index (χ0n) is 14.3. The first kappa shape index (κ1) is 15.8. The lowest BCUT2D eigenvalue weighted by atomic mass is 10.1. The van der Waals surface area contributed by atoms with Gasteiger partial charge in [0.05, 0.1) is 6.42 Å². The molecule has 1 saturated heterocycles. The van der Waals surface area contributed by atoms with E-state index in [1.165, 1.54) is 24.9 Å². The highest BCUT2D eigenvalue weighted by Gasteiger charge is 2.11. The zero-order valence-corrected chi connectivity index (χ0v) is 14.3. The monoisotopic (exact) mass is 333 g/mol. The first-order valence-corrected chi connectivity index (χ1v) is 8.99. The van der Waals surface area contributed by atoms with Crippen LogP contribution in [0.3, 0.4) is 0 Å². The molecular formula is C21H23N3O. The molecule has 4 rings (SSSR count). The summed E-state index contributed by atoms with van der Waals surface area (Å²) in [6.45, 7) is 2.26. The van der Waals surface area contributed by atoms with E-state index in [9.17, 15) is 4.79 Å². The third-order valence-corrected chi connectivity index (χ3v) is 4.85. The van der Waals surface area contributed by atoms with Gasteiger partial charge in [0.15, 0.2) is 0 Å². The Kier molecular flexibility index (Phi) is 4.42. The lowest BCUT2D eigenvalue weighted by Gasteiger charge is -2.28. The Labute approximate surface area is 147 Å². The van der Waals surface area contributed by atoms with Crippen molar-refractivity contribution in [1.82, 2.24) is 4.98 Å². The third-order valence-electron chi connectivity index (χ3n) is 4.85. The Bertz CT molecular complexity index is 860. The number of fused-ring (bicyclic) bond motifs is 1. The SMILES string of the molecule is O=C(Cc1ccc2[nH]ccc2c1)Nc1ccc(N2CCCCC2)cc1. The predicted molar refractivity (Wildman–Crippen MR) is 103 cm³/mol. The Morgan fingerprint density at radius 1 is 1.00 bits per heavy atom. The molecule has 2 N–H and O–H groups in total. The van der Waals surface area contributed by atoms with E-state index >= 15 is 0 Å². The van der Waals surface area contributed by atoms with E-state index in [1.807, 2.05) is 36.5 Å². The molecule has 0 spiro atoms. The molecule has 1 fully saturated rings. The largest absolute Gasteiger partial charge is 0.372 e. The van der Waals surface area contributed by atoms with Crippen molar-refractivity contribution in [2.45, 2.75) is 25.7 Å². The lowest BCUT2D eigenvalue weighted by molar-refractivity contribution is -0.115. The summed E-state index contributed by atoms with van der Waals surface area (Å²) in [6, 6.07) is 16.3. The van der Waals surface area contributed by atoms with Crippen LogP contribution in [-0.2, 0) is 11.2 Å². The van der Waals surface area contributed by atoms with Crippen molar-refractivity contribution >= 4 is 28.2 Å². The zero-order chi connectivity index (χ0) is 17.1. The van der Waals surface area contributed by atoms with Gasteiger partial charge in [0.1, 0.15) is 0 Å². The van der Waals surface area contributed by atoms with Gasteiger partial charge in [-0.15, -0.1) is 0 Å². The Balaban J connectivity index is 1.38. The third kappa shape index (κ3) is 3.68. The maximum Gasteiger partial charge on any atom is 0.228 e. The van der Waals surface area contributed by atoms with Crippen molar-refractivity contribution < 1.29 is 4.79 Å². The number of carbonyl (C=O) groups is 1. The average Bonchev–Trinajstić information content (AvgIpc) is 3.11. The molecule has 0 unspecified atom stereocenters. The van der Waals surface area contributed by atoms with E-state index in [4.69, 9.17) is 0 Å². The van der Waals surface area contributed by atoms with Crippen LogP contribution < -0.4 is 10.2 Å². The summed E-state index contributed by atoms with van der Waals surface area (Å²) in [5.41, 5.74) is 4.22. The van der Waals surface area contributed by atoms with Crippen LogP contribution >= 0.6 is 0 Å². The molecular weight excluding hydrogens is 310 g/mol. The number of carbonyl (C=O) groups excluding carboxylic acids is 1. The van der Waals surface area contributed by atoms with Gasteiger partial charge in [-0.25, -0.2) is 0 Å². The van der Waals surface area contributed by atoms with Gasteiger partial charge in [-0.3, -0.25) is 4.79 Å². The minimum atomic E-state index is 0.0145. The Morgan fingerprint density at radius 3 is 2.60 bits per heavy atom. The van der Waals surface area contributed by atoms with Gasteiger partial charge in [0.25, 0.3) is 0 Å². The van der Waals surface area contributed by atoms with Crippen molar-refractivity contribution in [3.63, 3.8) is 0 Å². The number of rotatable bonds is 4. The van der Waals surface area contributed by atoms with Crippen LogP contribution in [0.5, 0.6) is 0 Å². The number of piperidine rings is 1. The van der Waals surface area contributed by atoms with E-state index in [-0.39, 0.29) is 5.91 Å². The number of aromatic nitrogens is 1. The van der Waals surface area contributed by atoms with E-state index in [0.717, 1.165) is 35.2 Å². The number of benzene rings is 2. The van der Waals surface area contributed by atoms with Crippen molar-refractivity contribution in [2.75, 3.05) is 23.3 Å². The van der Waals surface area contributed by atoms with E-state index in [1.54, 1.807) is 0 Å². The number of anilines is 2. The molecule has 4 heteroatoms. The first-order chi connectivity index (χ1) is 12.3. The number of hydrogen-bond donors (Lipinski definition) is 2. The van der Waals surface area contributed by atoms with Crippen LogP contribution in [0.25, 0.3) is 10.9 Å². The molecule has 0 atom stereocenters. The highest BCUT2D eigenvalue weighted by molar-refractivity contribution is 5.93.